The molecule has 10 nitrogen and oxygen atoms in total. The normalized spacial score (nSPS) is 10.7. The molecule has 0 unspecified atom stereocenters. The van der Waals surface area contributed by atoms with Crippen molar-refractivity contribution in [2.24, 2.45) is 0 Å². The van der Waals surface area contributed by atoms with Crippen molar-refractivity contribution in [2.45, 2.75) is 13.5 Å². The van der Waals surface area contributed by atoms with E-state index in [-0.39, 0.29) is 23.6 Å². The molecule has 1 heterocycles. The molecular formula is C23H17N3O7. The molecule has 33 heavy (non-hydrogen) atoms. The van der Waals surface area contributed by atoms with Gasteiger partial charge >= 0.3 is 0 Å². The van der Waals surface area contributed by atoms with Crippen molar-refractivity contribution >= 4 is 33.7 Å². The van der Waals surface area contributed by atoms with Gasteiger partial charge in [-0.1, -0.05) is 36.4 Å². The van der Waals surface area contributed by atoms with Crippen LogP contribution < -0.4 is 10.1 Å². The van der Waals surface area contributed by atoms with E-state index in [1.807, 2.05) is 42.5 Å². The summed E-state index contributed by atoms with van der Waals surface area (Å²) in [5, 5.41) is 26.8. The van der Waals surface area contributed by atoms with Gasteiger partial charge in [0.05, 0.1) is 15.5 Å². The van der Waals surface area contributed by atoms with Crippen molar-refractivity contribution in [1.29, 1.82) is 0 Å². The highest BCUT2D eigenvalue weighted by molar-refractivity contribution is 6.02. The van der Waals surface area contributed by atoms with Crippen LogP contribution in [0.5, 0.6) is 5.75 Å². The second-order valence-electron chi connectivity index (χ2n) is 7.14. The summed E-state index contributed by atoms with van der Waals surface area (Å²) in [4.78, 5) is 33.5. The molecule has 0 saturated heterocycles. The minimum atomic E-state index is -0.742. The quantitative estimate of drug-likeness (QED) is 0.296. The smallest absolute Gasteiger partial charge is 0.291 e. The van der Waals surface area contributed by atoms with Crippen LogP contribution in [0.25, 0.3) is 10.8 Å². The molecule has 0 atom stereocenters. The van der Waals surface area contributed by atoms with E-state index in [0.29, 0.717) is 11.5 Å². The first-order chi connectivity index (χ1) is 15.8. The number of nitro benzene ring substituents is 2. The average Bonchev–Trinajstić information content (AvgIpc) is 3.27. The van der Waals surface area contributed by atoms with Gasteiger partial charge < -0.3 is 14.5 Å². The number of rotatable bonds is 7. The molecule has 0 aliphatic heterocycles. The Labute approximate surface area is 186 Å². The van der Waals surface area contributed by atoms with Crippen molar-refractivity contribution in [1.82, 2.24) is 0 Å². The summed E-state index contributed by atoms with van der Waals surface area (Å²) in [7, 11) is 0. The maximum atomic E-state index is 12.5. The molecular weight excluding hydrogens is 430 g/mol. The van der Waals surface area contributed by atoms with Crippen molar-refractivity contribution in [3.8, 4) is 5.75 Å². The highest BCUT2D eigenvalue weighted by Crippen LogP contribution is 2.32. The van der Waals surface area contributed by atoms with Gasteiger partial charge in [0.2, 0.25) is 0 Å². The fraction of sp³-hybridized carbons (Fsp3) is 0.0870. The minimum Gasteiger partial charge on any atom is -0.485 e. The summed E-state index contributed by atoms with van der Waals surface area (Å²) < 4.78 is 11.4. The van der Waals surface area contributed by atoms with Crippen LogP contribution in [0.2, 0.25) is 0 Å². The molecule has 3 aromatic carbocycles. The van der Waals surface area contributed by atoms with Gasteiger partial charge in [0.25, 0.3) is 17.3 Å². The highest BCUT2D eigenvalue weighted by atomic mass is 16.6. The van der Waals surface area contributed by atoms with Gasteiger partial charge in [0.1, 0.15) is 23.7 Å². The zero-order valence-electron chi connectivity index (χ0n) is 17.3. The molecule has 0 bridgehead atoms. The van der Waals surface area contributed by atoms with E-state index in [1.54, 1.807) is 6.07 Å². The predicted octanol–water partition coefficient (Wildman–Crippen LogP) is 5.39. The van der Waals surface area contributed by atoms with Gasteiger partial charge in [-0.2, -0.15) is 0 Å². The monoisotopic (exact) mass is 447 g/mol. The van der Waals surface area contributed by atoms with Gasteiger partial charge in [0, 0.05) is 17.5 Å². The Morgan fingerprint density at radius 2 is 1.64 bits per heavy atom. The number of hydrogen-bond acceptors (Lipinski definition) is 7. The second kappa shape index (κ2) is 8.79. The summed E-state index contributed by atoms with van der Waals surface area (Å²) >= 11 is 0. The molecule has 4 rings (SSSR count). The van der Waals surface area contributed by atoms with E-state index in [2.05, 4.69) is 5.32 Å². The van der Waals surface area contributed by atoms with Crippen molar-refractivity contribution in [3.05, 3.63) is 104 Å². The third kappa shape index (κ3) is 4.49. The van der Waals surface area contributed by atoms with Gasteiger partial charge in [-0.3, -0.25) is 25.0 Å². The number of furan rings is 1. The molecule has 1 N–H and O–H groups in total. The fourth-order valence-electron chi connectivity index (χ4n) is 3.38. The first kappa shape index (κ1) is 21.5. The van der Waals surface area contributed by atoms with Crippen molar-refractivity contribution < 1.29 is 23.8 Å². The highest BCUT2D eigenvalue weighted by Gasteiger charge is 2.24. The Balaban J connectivity index is 1.49. The minimum absolute atomic E-state index is 0.0719. The number of nitrogens with one attached hydrogen (secondary N) is 1. The number of benzene rings is 3. The van der Waals surface area contributed by atoms with Crippen LogP contribution >= 0.6 is 0 Å². The number of ether oxygens (including phenoxy) is 1. The number of fused-ring (bicyclic) bond motifs is 1. The van der Waals surface area contributed by atoms with Crippen LogP contribution in [-0.4, -0.2) is 15.8 Å². The Kier molecular flexibility index (Phi) is 5.73. The zero-order valence-corrected chi connectivity index (χ0v) is 17.3. The fourth-order valence-corrected chi connectivity index (χ4v) is 3.38. The summed E-state index contributed by atoms with van der Waals surface area (Å²) in [6, 6.07) is 18.5. The standard InChI is InChI=1S/C23H17N3O7/c1-14-19(25(28)29)11-16(12-20(14)26(30)31)24-23(27)22-10-9-17(33-22)13-32-21-8-4-6-15-5-2-3-7-18(15)21/h2-12H,13H2,1H3,(H,24,27). The van der Waals surface area contributed by atoms with E-state index < -0.39 is 27.1 Å². The SMILES string of the molecule is Cc1c([N+](=O)[O-])cc(NC(=O)c2ccc(COc3cccc4ccccc34)o2)cc1[N+](=O)[O-]. The molecule has 0 fully saturated rings. The molecule has 0 spiro atoms. The van der Waals surface area contributed by atoms with Crippen LogP contribution in [0.1, 0.15) is 21.9 Å². The number of carbonyl (C=O) groups is 1. The number of anilines is 1. The number of nitro groups is 2. The molecule has 0 aliphatic rings. The van der Waals surface area contributed by atoms with Crippen LogP contribution in [0.15, 0.2) is 71.1 Å². The topological polar surface area (TPSA) is 138 Å². The largest absolute Gasteiger partial charge is 0.485 e. The molecule has 1 amide bonds. The zero-order chi connectivity index (χ0) is 23.5. The van der Waals surface area contributed by atoms with E-state index >= 15 is 0 Å². The molecule has 4 aromatic rings. The Morgan fingerprint density at radius 1 is 0.970 bits per heavy atom. The Bertz CT molecular complexity index is 1350. The van der Waals surface area contributed by atoms with Crippen molar-refractivity contribution in [3.63, 3.8) is 0 Å². The van der Waals surface area contributed by atoms with Crippen LogP contribution in [-0.2, 0) is 6.61 Å². The predicted molar refractivity (Wildman–Crippen MR) is 119 cm³/mol. The number of hydrogen-bond donors (Lipinski definition) is 1. The average molecular weight is 447 g/mol. The first-order valence-corrected chi connectivity index (χ1v) is 9.77. The van der Waals surface area contributed by atoms with Crippen LogP contribution in [0, 0.1) is 27.2 Å². The lowest BCUT2D eigenvalue weighted by Crippen LogP contribution is -2.12. The number of nitrogens with zero attached hydrogens (tertiary/aromatic N) is 2. The van der Waals surface area contributed by atoms with E-state index in [1.165, 1.54) is 13.0 Å². The molecule has 166 valence electrons. The maximum Gasteiger partial charge on any atom is 0.291 e. The second-order valence-corrected chi connectivity index (χ2v) is 7.14. The Morgan fingerprint density at radius 3 is 2.33 bits per heavy atom. The van der Waals surface area contributed by atoms with E-state index in [9.17, 15) is 25.0 Å². The number of amides is 1. The van der Waals surface area contributed by atoms with Gasteiger partial charge in [-0.25, -0.2) is 0 Å². The lowest BCUT2D eigenvalue weighted by atomic mass is 10.1. The van der Waals surface area contributed by atoms with Crippen LogP contribution in [0.4, 0.5) is 17.1 Å². The maximum absolute atomic E-state index is 12.5. The number of carbonyl (C=O) groups excluding carboxylic acids is 1. The first-order valence-electron chi connectivity index (χ1n) is 9.77. The lowest BCUT2D eigenvalue weighted by molar-refractivity contribution is -0.395. The van der Waals surface area contributed by atoms with Gasteiger partial charge in [-0.05, 0) is 30.5 Å². The summed E-state index contributed by atoms with van der Waals surface area (Å²) in [6.07, 6.45) is 0. The third-order valence-corrected chi connectivity index (χ3v) is 5.01. The van der Waals surface area contributed by atoms with E-state index in [4.69, 9.17) is 9.15 Å². The van der Waals surface area contributed by atoms with Gasteiger partial charge in [0.15, 0.2) is 5.76 Å². The molecule has 0 saturated carbocycles. The third-order valence-electron chi connectivity index (χ3n) is 5.01. The summed E-state index contributed by atoms with van der Waals surface area (Å²) in [6.45, 7) is 1.35. The summed E-state index contributed by atoms with van der Waals surface area (Å²) in [5.74, 6) is 0.264. The van der Waals surface area contributed by atoms with Crippen LogP contribution in [0.3, 0.4) is 0 Å². The molecule has 1 aromatic heterocycles. The molecule has 10 heteroatoms. The molecule has 0 radical (unpaired) electrons. The van der Waals surface area contributed by atoms with Crippen molar-refractivity contribution in [2.75, 3.05) is 5.32 Å². The van der Waals surface area contributed by atoms with Gasteiger partial charge in [-0.15, -0.1) is 0 Å². The van der Waals surface area contributed by atoms with E-state index in [0.717, 1.165) is 22.9 Å². The molecule has 0 aliphatic carbocycles. The lowest BCUT2D eigenvalue weighted by Gasteiger charge is -2.08. The Hall–Kier alpha value is -4.73. The summed E-state index contributed by atoms with van der Waals surface area (Å²) in [5.41, 5.74) is -1.13.